The van der Waals surface area contributed by atoms with Gasteiger partial charge in [0.15, 0.2) is 12.4 Å². The van der Waals surface area contributed by atoms with Gasteiger partial charge in [0.2, 0.25) is 0 Å². The Morgan fingerprint density at radius 1 is 0.879 bits per heavy atom. The number of nitrogens with zero attached hydrogens (tertiary/aromatic N) is 4. The minimum atomic E-state index is -0.736. The summed E-state index contributed by atoms with van der Waals surface area (Å²) in [4.78, 5) is 31.7. The van der Waals surface area contributed by atoms with Gasteiger partial charge in [-0.3, -0.25) is 4.79 Å². The van der Waals surface area contributed by atoms with Crippen LogP contribution in [0.25, 0.3) is 17.1 Å². The molecule has 5 rings (SSSR count). The maximum absolute atomic E-state index is 12.8. The van der Waals surface area contributed by atoms with Crippen molar-refractivity contribution in [3.05, 3.63) is 96.3 Å². The molecule has 0 atom stereocenters. The number of aromatic nitrogens is 3. The Morgan fingerprint density at radius 2 is 1.58 bits per heavy atom. The highest BCUT2D eigenvalue weighted by atomic mass is 16.5. The zero-order chi connectivity index (χ0) is 22.6. The van der Waals surface area contributed by atoms with E-state index in [9.17, 15) is 9.59 Å². The molecule has 2 heterocycles. The van der Waals surface area contributed by atoms with Crippen molar-refractivity contribution in [2.75, 3.05) is 18.1 Å². The number of rotatable bonds is 5. The summed E-state index contributed by atoms with van der Waals surface area (Å²) in [6.07, 6.45) is 1.81. The first-order valence-corrected chi connectivity index (χ1v) is 10.8. The highest BCUT2D eigenvalue weighted by Gasteiger charge is 2.25. The van der Waals surface area contributed by atoms with E-state index in [0.29, 0.717) is 12.4 Å². The topological polar surface area (TPSA) is 77.3 Å². The van der Waals surface area contributed by atoms with E-state index in [2.05, 4.69) is 10.1 Å². The molecule has 7 heteroatoms. The molecule has 7 nitrogen and oxygen atoms in total. The van der Waals surface area contributed by atoms with Crippen LogP contribution in [0.2, 0.25) is 0 Å². The minimum absolute atomic E-state index is 0.0930. The smallest absolute Gasteiger partial charge is 0.378 e. The van der Waals surface area contributed by atoms with Crippen LogP contribution >= 0.6 is 0 Å². The van der Waals surface area contributed by atoms with Crippen molar-refractivity contribution in [3.8, 4) is 17.1 Å². The van der Waals surface area contributed by atoms with Crippen molar-refractivity contribution < 1.29 is 14.3 Å². The number of amides is 1. The lowest BCUT2D eigenvalue weighted by atomic mass is 10.0. The summed E-state index contributed by atoms with van der Waals surface area (Å²) in [6.45, 7) is 0.236. The third kappa shape index (κ3) is 4.25. The average Bonchev–Trinajstić information content (AvgIpc) is 3.33. The molecule has 0 saturated carbocycles. The van der Waals surface area contributed by atoms with Crippen LogP contribution in [-0.2, 0) is 16.0 Å². The molecular weight excluding hydrogens is 416 g/mol. The second kappa shape index (κ2) is 9.08. The van der Waals surface area contributed by atoms with E-state index >= 15 is 0 Å². The summed E-state index contributed by atoms with van der Waals surface area (Å²) < 4.78 is 6.94. The molecule has 0 unspecified atom stereocenters. The number of benzene rings is 3. The lowest BCUT2D eigenvalue weighted by Crippen LogP contribution is -2.38. The van der Waals surface area contributed by atoms with Gasteiger partial charge in [0.05, 0.1) is 5.69 Å². The van der Waals surface area contributed by atoms with Crippen molar-refractivity contribution in [2.45, 2.75) is 12.8 Å². The van der Waals surface area contributed by atoms with Crippen LogP contribution in [-0.4, -0.2) is 39.8 Å². The monoisotopic (exact) mass is 438 g/mol. The number of carbonyl (C=O) groups is 2. The highest BCUT2D eigenvalue weighted by molar-refractivity contribution is 5.97. The second-order valence-corrected chi connectivity index (χ2v) is 7.73. The zero-order valence-corrected chi connectivity index (χ0v) is 17.9. The lowest BCUT2D eigenvalue weighted by Gasteiger charge is -2.29. The fourth-order valence-corrected chi connectivity index (χ4v) is 3.98. The molecule has 0 aliphatic carbocycles. The van der Waals surface area contributed by atoms with E-state index < -0.39 is 5.97 Å². The molecule has 0 bridgehead atoms. The number of ether oxygens (including phenoxy) is 1. The van der Waals surface area contributed by atoms with Gasteiger partial charge in [-0.15, -0.1) is 5.10 Å². The van der Waals surface area contributed by atoms with Crippen LogP contribution < -0.4 is 4.90 Å². The average molecular weight is 438 g/mol. The molecule has 3 aromatic carbocycles. The SMILES string of the molecule is O=C(OCC(=O)N1CCCc2ccccc21)c1nc(-c2ccccc2)n(-c2ccccc2)n1. The molecule has 0 radical (unpaired) electrons. The van der Waals surface area contributed by atoms with Crippen molar-refractivity contribution in [1.29, 1.82) is 0 Å². The van der Waals surface area contributed by atoms with E-state index in [-0.39, 0.29) is 18.3 Å². The molecule has 1 aromatic heterocycles. The molecular formula is C26H22N4O3. The van der Waals surface area contributed by atoms with Crippen molar-refractivity contribution in [1.82, 2.24) is 14.8 Å². The number of anilines is 1. The molecule has 0 spiro atoms. The summed E-state index contributed by atoms with van der Waals surface area (Å²) in [6, 6.07) is 26.8. The molecule has 1 aliphatic heterocycles. The number of hydrogen-bond donors (Lipinski definition) is 0. The van der Waals surface area contributed by atoms with Gasteiger partial charge in [0.1, 0.15) is 0 Å². The summed E-state index contributed by atoms with van der Waals surface area (Å²) in [5.74, 6) is -0.573. The van der Waals surface area contributed by atoms with Gasteiger partial charge >= 0.3 is 5.97 Å². The predicted octanol–water partition coefficient (Wildman–Crippen LogP) is 4.07. The van der Waals surface area contributed by atoms with Crippen molar-refractivity contribution in [3.63, 3.8) is 0 Å². The molecule has 0 saturated heterocycles. The van der Waals surface area contributed by atoms with E-state index in [1.54, 1.807) is 9.58 Å². The lowest BCUT2D eigenvalue weighted by molar-refractivity contribution is -0.121. The standard InChI is InChI=1S/C26H22N4O3/c31-23(29-17-9-13-19-10-7-8-16-22(19)29)18-33-26(32)24-27-25(20-11-3-1-4-12-20)30(28-24)21-14-5-2-6-15-21/h1-8,10-12,14-16H,9,13,17-18H2. The van der Waals surface area contributed by atoms with E-state index in [4.69, 9.17) is 4.74 Å². The van der Waals surface area contributed by atoms with Gasteiger partial charge in [-0.1, -0.05) is 66.7 Å². The molecule has 0 N–H and O–H groups in total. The largest absolute Gasteiger partial charge is 0.450 e. The van der Waals surface area contributed by atoms with Gasteiger partial charge in [0, 0.05) is 17.8 Å². The Labute approximate surface area is 191 Å². The molecule has 1 aliphatic rings. The zero-order valence-electron chi connectivity index (χ0n) is 17.9. The summed E-state index contributed by atoms with van der Waals surface area (Å²) in [5, 5.41) is 4.39. The molecule has 164 valence electrons. The Balaban J connectivity index is 1.36. The fraction of sp³-hybridized carbons (Fsp3) is 0.154. The van der Waals surface area contributed by atoms with Crippen molar-refractivity contribution >= 4 is 17.6 Å². The number of aryl methyl sites for hydroxylation is 1. The van der Waals surface area contributed by atoms with Gasteiger partial charge < -0.3 is 9.64 Å². The molecule has 1 amide bonds. The normalized spacial score (nSPS) is 12.8. The highest BCUT2D eigenvalue weighted by Crippen LogP contribution is 2.27. The summed E-state index contributed by atoms with van der Waals surface area (Å²) in [7, 11) is 0. The van der Waals surface area contributed by atoms with Crippen LogP contribution in [0.4, 0.5) is 5.69 Å². The minimum Gasteiger partial charge on any atom is -0.450 e. The van der Waals surface area contributed by atoms with Crippen LogP contribution in [0.15, 0.2) is 84.9 Å². The van der Waals surface area contributed by atoms with Gasteiger partial charge in [-0.2, -0.15) is 0 Å². The molecule has 0 fully saturated rings. The molecule has 33 heavy (non-hydrogen) atoms. The van der Waals surface area contributed by atoms with Crippen LogP contribution in [0.1, 0.15) is 22.6 Å². The quantitative estimate of drug-likeness (QED) is 0.439. The number of hydrogen-bond acceptors (Lipinski definition) is 5. The number of esters is 1. The Hall–Kier alpha value is -4.26. The maximum atomic E-state index is 12.8. The number of para-hydroxylation sites is 2. The van der Waals surface area contributed by atoms with Gasteiger partial charge in [-0.25, -0.2) is 14.5 Å². The van der Waals surface area contributed by atoms with E-state index in [0.717, 1.165) is 35.3 Å². The molecule has 4 aromatic rings. The van der Waals surface area contributed by atoms with E-state index in [1.165, 1.54) is 0 Å². The Bertz CT molecular complexity index is 1230. The van der Waals surface area contributed by atoms with Gasteiger partial charge in [-0.05, 0) is 36.6 Å². The number of carbonyl (C=O) groups excluding carboxylic acids is 2. The summed E-state index contributed by atoms with van der Waals surface area (Å²) in [5.41, 5.74) is 3.58. The Morgan fingerprint density at radius 3 is 2.36 bits per heavy atom. The van der Waals surface area contributed by atoms with Crippen molar-refractivity contribution in [2.24, 2.45) is 0 Å². The van der Waals surface area contributed by atoms with Crippen LogP contribution in [0.3, 0.4) is 0 Å². The second-order valence-electron chi connectivity index (χ2n) is 7.73. The van der Waals surface area contributed by atoms with Crippen LogP contribution in [0, 0.1) is 0 Å². The van der Waals surface area contributed by atoms with E-state index in [1.807, 2.05) is 84.9 Å². The van der Waals surface area contributed by atoms with Crippen LogP contribution in [0.5, 0.6) is 0 Å². The first-order chi connectivity index (χ1) is 16.2. The Kier molecular flexibility index (Phi) is 5.68. The predicted molar refractivity (Wildman–Crippen MR) is 124 cm³/mol. The third-order valence-corrected chi connectivity index (χ3v) is 5.56. The fourth-order valence-electron chi connectivity index (χ4n) is 3.98. The van der Waals surface area contributed by atoms with Gasteiger partial charge in [0.25, 0.3) is 11.7 Å². The third-order valence-electron chi connectivity index (χ3n) is 5.56. The maximum Gasteiger partial charge on any atom is 0.378 e. The summed E-state index contributed by atoms with van der Waals surface area (Å²) >= 11 is 0. The first-order valence-electron chi connectivity index (χ1n) is 10.8. The first kappa shape index (κ1) is 20.6. The number of fused-ring (bicyclic) bond motifs is 1.